The van der Waals surface area contributed by atoms with Gasteiger partial charge in [-0.1, -0.05) is 11.6 Å². The summed E-state index contributed by atoms with van der Waals surface area (Å²) in [6.45, 7) is 2.11. The summed E-state index contributed by atoms with van der Waals surface area (Å²) in [4.78, 5) is 10.8. The number of esters is 1. The topological polar surface area (TPSA) is 35.5 Å². The van der Waals surface area contributed by atoms with E-state index >= 15 is 0 Å². The fourth-order valence-corrected chi connectivity index (χ4v) is 1.67. The Hall–Kier alpha value is -0.540. The van der Waals surface area contributed by atoms with Crippen LogP contribution in [0.25, 0.3) is 0 Å². The molecule has 1 saturated heterocycles. The van der Waals surface area contributed by atoms with Crippen molar-refractivity contribution in [2.45, 2.75) is 38.4 Å². The Kier molecular flexibility index (Phi) is 4.98. The smallest absolute Gasteiger partial charge is 0.303 e. The van der Waals surface area contributed by atoms with Crippen LogP contribution < -0.4 is 0 Å². The van der Waals surface area contributed by atoms with Gasteiger partial charge < -0.3 is 9.47 Å². The molecule has 1 heterocycles. The molecule has 0 aromatic rings. The zero-order valence-electron chi connectivity index (χ0n) is 8.24. The van der Waals surface area contributed by atoms with E-state index in [0.29, 0.717) is 6.61 Å². The van der Waals surface area contributed by atoms with E-state index in [9.17, 15) is 4.79 Å². The number of carbonyl (C=O) groups is 1. The van der Waals surface area contributed by atoms with Crippen molar-refractivity contribution in [1.82, 2.24) is 0 Å². The highest BCUT2D eigenvalue weighted by atomic mass is 35.5. The first kappa shape index (κ1) is 11.5. The van der Waals surface area contributed by atoms with E-state index in [4.69, 9.17) is 21.1 Å². The molecular formula is C10H15ClO3. The van der Waals surface area contributed by atoms with Crippen molar-refractivity contribution >= 4 is 17.6 Å². The van der Waals surface area contributed by atoms with Gasteiger partial charge in [-0.15, -0.1) is 0 Å². The van der Waals surface area contributed by atoms with Crippen LogP contribution in [0.4, 0.5) is 0 Å². The molecule has 1 aliphatic rings. The van der Waals surface area contributed by atoms with Gasteiger partial charge in [-0.05, 0) is 25.3 Å². The molecule has 4 heteroatoms. The molecule has 0 aliphatic carbocycles. The molecule has 0 unspecified atom stereocenters. The van der Waals surface area contributed by atoms with Crippen molar-refractivity contribution in [3.8, 4) is 0 Å². The number of halogens is 1. The van der Waals surface area contributed by atoms with Crippen molar-refractivity contribution in [2.24, 2.45) is 0 Å². The lowest BCUT2D eigenvalue weighted by molar-refractivity contribution is -0.151. The largest absolute Gasteiger partial charge is 0.459 e. The minimum absolute atomic E-state index is 0.190. The Morgan fingerprint density at radius 2 is 2.36 bits per heavy atom. The van der Waals surface area contributed by atoms with Crippen LogP contribution in [0, 0.1) is 0 Å². The maximum absolute atomic E-state index is 10.8. The second-order valence-electron chi connectivity index (χ2n) is 3.30. The first-order valence-electron chi connectivity index (χ1n) is 4.79. The molecule has 0 saturated carbocycles. The van der Waals surface area contributed by atoms with E-state index in [1.165, 1.54) is 12.5 Å². The van der Waals surface area contributed by atoms with E-state index in [1.54, 1.807) is 6.08 Å². The van der Waals surface area contributed by atoms with Gasteiger partial charge in [-0.2, -0.15) is 0 Å². The maximum atomic E-state index is 10.8. The van der Waals surface area contributed by atoms with Crippen molar-refractivity contribution in [2.75, 3.05) is 6.61 Å². The van der Waals surface area contributed by atoms with Gasteiger partial charge in [0.25, 0.3) is 0 Å². The minimum atomic E-state index is -0.270. The van der Waals surface area contributed by atoms with E-state index in [0.717, 1.165) is 19.3 Å². The highest BCUT2D eigenvalue weighted by Gasteiger charge is 2.24. The number of carbonyl (C=O) groups excluding carboxylic acids is 1. The molecule has 80 valence electrons. The zero-order valence-corrected chi connectivity index (χ0v) is 9.00. The highest BCUT2D eigenvalue weighted by molar-refractivity contribution is 6.25. The van der Waals surface area contributed by atoms with E-state index in [-0.39, 0.29) is 18.2 Å². The van der Waals surface area contributed by atoms with Crippen LogP contribution in [-0.2, 0) is 14.3 Å². The predicted octanol–water partition coefficient (Wildman–Crippen LogP) is 2.24. The highest BCUT2D eigenvalue weighted by Crippen LogP contribution is 2.18. The average Bonchev–Trinajstić information content (AvgIpc) is 2.32. The second kappa shape index (κ2) is 6.04. The number of rotatable bonds is 2. The van der Waals surface area contributed by atoms with Crippen LogP contribution in [-0.4, -0.2) is 24.8 Å². The van der Waals surface area contributed by atoms with Gasteiger partial charge in [0.05, 0.1) is 0 Å². The van der Waals surface area contributed by atoms with Crippen LogP contribution in [0.5, 0.6) is 0 Å². The lowest BCUT2D eigenvalue weighted by Crippen LogP contribution is -2.30. The summed E-state index contributed by atoms with van der Waals surface area (Å²) in [6, 6.07) is 0. The molecule has 0 bridgehead atoms. The average molecular weight is 219 g/mol. The van der Waals surface area contributed by atoms with Crippen LogP contribution in [0.3, 0.4) is 0 Å². The number of hydrogen-bond donors (Lipinski definition) is 0. The lowest BCUT2D eigenvalue weighted by atomic mass is 10.1. The van der Waals surface area contributed by atoms with Gasteiger partial charge in [0.15, 0.2) is 0 Å². The molecular weight excluding hydrogens is 204 g/mol. The molecule has 0 aromatic heterocycles. The monoisotopic (exact) mass is 218 g/mol. The van der Waals surface area contributed by atoms with Crippen LogP contribution in [0.15, 0.2) is 11.6 Å². The third-order valence-electron chi connectivity index (χ3n) is 2.14. The maximum Gasteiger partial charge on any atom is 0.303 e. The molecule has 1 aliphatic heterocycles. The van der Waals surface area contributed by atoms with Crippen molar-refractivity contribution < 1.29 is 14.3 Å². The summed E-state index contributed by atoms with van der Waals surface area (Å²) < 4.78 is 10.7. The van der Waals surface area contributed by atoms with Gasteiger partial charge in [-0.25, -0.2) is 0 Å². The van der Waals surface area contributed by atoms with Gasteiger partial charge in [0.2, 0.25) is 0 Å². The molecule has 14 heavy (non-hydrogen) atoms. The first-order valence-corrected chi connectivity index (χ1v) is 5.23. The van der Waals surface area contributed by atoms with Crippen LogP contribution in [0.1, 0.15) is 26.2 Å². The normalized spacial score (nSPS) is 28.7. The zero-order chi connectivity index (χ0) is 10.4. The second-order valence-corrected chi connectivity index (χ2v) is 3.55. The molecule has 0 aromatic carbocycles. The van der Waals surface area contributed by atoms with Gasteiger partial charge in [-0.3, -0.25) is 4.79 Å². The first-order chi connectivity index (χ1) is 6.74. The predicted molar refractivity (Wildman–Crippen MR) is 54.1 cm³/mol. The fourth-order valence-electron chi connectivity index (χ4n) is 1.53. The number of ether oxygens (including phenoxy) is 2. The molecule has 3 nitrogen and oxygen atoms in total. The quantitative estimate of drug-likeness (QED) is 0.667. The van der Waals surface area contributed by atoms with Crippen LogP contribution >= 0.6 is 11.6 Å². The van der Waals surface area contributed by atoms with Gasteiger partial charge in [0, 0.05) is 19.1 Å². The Morgan fingerprint density at radius 1 is 1.57 bits per heavy atom. The lowest BCUT2D eigenvalue weighted by Gasteiger charge is -2.21. The molecule has 1 rings (SSSR count). The SMILES string of the molecule is CC(=O)O[C@H]1CCCCO[C@H]1/C=C\Cl. The molecule has 1 fully saturated rings. The van der Waals surface area contributed by atoms with E-state index in [2.05, 4.69) is 0 Å². The summed E-state index contributed by atoms with van der Waals surface area (Å²) in [7, 11) is 0. The minimum Gasteiger partial charge on any atom is -0.459 e. The molecule has 0 amide bonds. The Balaban J connectivity index is 2.58. The van der Waals surface area contributed by atoms with Crippen molar-refractivity contribution in [3.05, 3.63) is 11.6 Å². The summed E-state index contributed by atoms with van der Waals surface area (Å²) in [5, 5.41) is 0. The molecule has 0 spiro atoms. The Morgan fingerprint density at radius 3 is 3.00 bits per heavy atom. The van der Waals surface area contributed by atoms with Gasteiger partial charge in [0.1, 0.15) is 12.2 Å². The third-order valence-corrected chi connectivity index (χ3v) is 2.28. The van der Waals surface area contributed by atoms with Crippen LogP contribution in [0.2, 0.25) is 0 Å². The molecule has 0 N–H and O–H groups in total. The molecule has 0 radical (unpaired) electrons. The molecule has 2 atom stereocenters. The summed E-state index contributed by atoms with van der Waals surface area (Å²) >= 11 is 5.49. The Bertz CT molecular complexity index is 215. The standard InChI is InChI=1S/C10H15ClO3/c1-8(12)14-10-4-2-3-7-13-9(10)5-6-11/h5-6,9-10H,2-4,7H2,1H3/b6-5-/t9-,10-/m0/s1. The summed E-state index contributed by atoms with van der Waals surface area (Å²) in [6.07, 6.45) is 4.20. The number of hydrogen-bond acceptors (Lipinski definition) is 3. The summed E-state index contributed by atoms with van der Waals surface area (Å²) in [5.41, 5.74) is 1.41. The third kappa shape index (κ3) is 3.68. The van der Waals surface area contributed by atoms with E-state index < -0.39 is 0 Å². The van der Waals surface area contributed by atoms with Crippen molar-refractivity contribution in [1.29, 1.82) is 0 Å². The summed E-state index contributed by atoms with van der Waals surface area (Å²) in [5.74, 6) is -0.270. The fraction of sp³-hybridized carbons (Fsp3) is 0.700. The Labute approximate surface area is 89.0 Å². The van der Waals surface area contributed by atoms with Gasteiger partial charge >= 0.3 is 5.97 Å². The van der Waals surface area contributed by atoms with E-state index in [1.807, 2.05) is 0 Å². The van der Waals surface area contributed by atoms with Crippen molar-refractivity contribution in [3.63, 3.8) is 0 Å².